The van der Waals surface area contributed by atoms with Gasteiger partial charge in [0.2, 0.25) is 5.95 Å². The number of carbonyl (C=O) groups is 3. The first kappa shape index (κ1) is 32.5. The van der Waals surface area contributed by atoms with E-state index < -0.39 is 17.3 Å². The van der Waals surface area contributed by atoms with Crippen LogP contribution in [0.4, 0.5) is 27.0 Å². The number of nitrogens with zero attached hydrogens (tertiary/aromatic N) is 7. The number of likely N-dealkylation sites (tertiary alicyclic amines) is 1. The molecule has 2 aliphatic heterocycles. The van der Waals surface area contributed by atoms with E-state index in [1.165, 1.54) is 6.42 Å². The summed E-state index contributed by atoms with van der Waals surface area (Å²) in [7, 11) is 3.53. The van der Waals surface area contributed by atoms with Crippen molar-refractivity contribution in [3.63, 3.8) is 0 Å². The van der Waals surface area contributed by atoms with Gasteiger partial charge in [-0.2, -0.15) is 4.98 Å². The van der Waals surface area contributed by atoms with Crippen molar-refractivity contribution >= 4 is 46.6 Å². The van der Waals surface area contributed by atoms with Crippen molar-refractivity contribution in [2.75, 3.05) is 43.9 Å². The topological polar surface area (TPSA) is 135 Å². The molecule has 1 N–H and O–H groups in total. The van der Waals surface area contributed by atoms with Gasteiger partial charge in [0.25, 0.3) is 5.91 Å². The van der Waals surface area contributed by atoms with Crippen LogP contribution in [0.15, 0.2) is 30.6 Å². The molecule has 3 aromatic heterocycles. The van der Waals surface area contributed by atoms with Crippen molar-refractivity contribution in [2.45, 2.75) is 95.8 Å². The molecule has 13 heteroatoms. The third-order valence-corrected chi connectivity index (χ3v) is 9.21. The molecule has 3 aromatic rings. The standard InChI is InChI=1S/C34H46N8O5/c1-33(2,3)46-31(44)40-17-10-9-15-34(16-18-40)22-41(32(45)47-34)25-13-14-27(35-21-25)37-30-36-20-23-19-26(29(43)39(4)5)42(28(23)38-30)24-11-7-6-8-12-24/h13-14,19-21,24H,6-12,15-18,22H2,1-5H3,(H,35,36,37,38). The lowest BCUT2D eigenvalue weighted by Gasteiger charge is -2.34. The summed E-state index contributed by atoms with van der Waals surface area (Å²) in [6, 6.07) is 5.70. The number of hydrogen-bond donors (Lipinski definition) is 1. The fraction of sp³-hybridized carbons (Fsp3) is 0.588. The van der Waals surface area contributed by atoms with E-state index in [1.807, 2.05) is 32.9 Å². The van der Waals surface area contributed by atoms with E-state index >= 15 is 0 Å². The van der Waals surface area contributed by atoms with Crippen LogP contribution < -0.4 is 10.2 Å². The predicted octanol–water partition coefficient (Wildman–Crippen LogP) is 6.28. The van der Waals surface area contributed by atoms with Crippen molar-refractivity contribution in [1.29, 1.82) is 0 Å². The van der Waals surface area contributed by atoms with Crippen molar-refractivity contribution in [2.24, 2.45) is 0 Å². The van der Waals surface area contributed by atoms with Gasteiger partial charge in [-0.15, -0.1) is 0 Å². The quantitative estimate of drug-likeness (QED) is 0.340. The highest BCUT2D eigenvalue weighted by Gasteiger charge is 2.46. The second kappa shape index (κ2) is 13.0. The number of anilines is 3. The van der Waals surface area contributed by atoms with E-state index in [2.05, 4.69) is 19.9 Å². The molecule has 252 valence electrons. The Kier molecular flexibility index (Phi) is 8.99. The monoisotopic (exact) mass is 646 g/mol. The zero-order valence-electron chi connectivity index (χ0n) is 28.1. The lowest BCUT2D eigenvalue weighted by molar-refractivity contribution is 0.00317. The number of hydrogen-bond acceptors (Lipinski definition) is 9. The Hall–Kier alpha value is -4.42. The molecule has 13 nitrogen and oxygen atoms in total. The number of nitrogens with one attached hydrogen (secondary N) is 1. The van der Waals surface area contributed by atoms with Gasteiger partial charge >= 0.3 is 12.2 Å². The molecule has 1 spiro atoms. The number of fused-ring (bicyclic) bond motifs is 1. The van der Waals surface area contributed by atoms with E-state index in [-0.39, 0.29) is 18.0 Å². The van der Waals surface area contributed by atoms with Crippen LogP contribution >= 0.6 is 0 Å². The van der Waals surface area contributed by atoms with Crippen molar-refractivity contribution < 1.29 is 23.9 Å². The van der Waals surface area contributed by atoms with Gasteiger partial charge in [0.1, 0.15) is 28.4 Å². The van der Waals surface area contributed by atoms with Gasteiger partial charge in [-0.25, -0.2) is 19.6 Å². The van der Waals surface area contributed by atoms with E-state index in [1.54, 1.807) is 47.3 Å². The van der Waals surface area contributed by atoms with Crippen LogP contribution in [0.5, 0.6) is 0 Å². The van der Waals surface area contributed by atoms with Crippen LogP contribution in [0.25, 0.3) is 11.0 Å². The highest BCUT2D eigenvalue weighted by molar-refractivity contribution is 5.98. The molecule has 3 fully saturated rings. The summed E-state index contributed by atoms with van der Waals surface area (Å²) < 4.78 is 13.7. The molecule has 1 aliphatic carbocycles. The van der Waals surface area contributed by atoms with Gasteiger partial charge in [-0.1, -0.05) is 19.3 Å². The number of pyridine rings is 1. The summed E-state index contributed by atoms with van der Waals surface area (Å²) >= 11 is 0. The minimum absolute atomic E-state index is 0.0534. The van der Waals surface area contributed by atoms with Crippen LogP contribution in [-0.2, 0) is 9.47 Å². The first-order chi connectivity index (χ1) is 22.4. The second-order valence-electron chi connectivity index (χ2n) is 14.2. The summed E-state index contributed by atoms with van der Waals surface area (Å²) in [6.45, 7) is 7.03. The molecule has 1 saturated carbocycles. The van der Waals surface area contributed by atoms with Gasteiger partial charge < -0.3 is 29.2 Å². The lowest BCUT2D eigenvalue weighted by Crippen LogP contribution is -2.44. The van der Waals surface area contributed by atoms with E-state index in [9.17, 15) is 14.4 Å². The van der Waals surface area contributed by atoms with Gasteiger partial charge in [0.15, 0.2) is 0 Å². The highest BCUT2D eigenvalue weighted by atomic mass is 16.6. The maximum atomic E-state index is 13.1. The number of amides is 3. The fourth-order valence-electron chi connectivity index (χ4n) is 6.82. The summed E-state index contributed by atoms with van der Waals surface area (Å²) in [5, 5.41) is 4.01. The molecule has 1 unspecified atom stereocenters. The van der Waals surface area contributed by atoms with Gasteiger partial charge in [-0.05, 0) is 71.1 Å². The maximum Gasteiger partial charge on any atom is 0.415 e. The average molecular weight is 647 g/mol. The van der Waals surface area contributed by atoms with Crippen LogP contribution in [0.2, 0.25) is 0 Å². The Morgan fingerprint density at radius 2 is 1.81 bits per heavy atom. The number of rotatable bonds is 5. The third kappa shape index (κ3) is 7.13. The Morgan fingerprint density at radius 1 is 1.02 bits per heavy atom. The van der Waals surface area contributed by atoms with E-state index in [0.717, 1.165) is 56.0 Å². The van der Waals surface area contributed by atoms with Crippen LogP contribution in [0, 0.1) is 0 Å². The first-order valence-corrected chi connectivity index (χ1v) is 16.7. The number of carbonyl (C=O) groups excluding carboxylic acids is 3. The third-order valence-electron chi connectivity index (χ3n) is 9.21. The number of ether oxygens (including phenoxy) is 2. The SMILES string of the molecule is CN(C)C(=O)c1cc2cnc(Nc3ccc(N4CC5(CCCCN(C(=O)OC(C)(C)C)CC5)OC4=O)cn3)nc2n1C1CCCCC1. The molecule has 47 heavy (non-hydrogen) atoms. The largest absolute Gasteiger partial charge is 0.444 e. The molecular weight excluding hydrogens is 600 g/mol. The van der Waals surface area contributed by atoms with Gasteiger partial charge in [-0.3, -0.25) is 9.69 Å². The van der Waals surface area contributed by atoms with E-state index in [4.69, 9.17) is 14.5 Å². The molecule has 0 aromatic carbocycles. The lowest BCUT2D eigenvalue weighted by atomic mass is 9.91. The highest BCUT2D eigenvalue weighted by Crippen LogP contribution is 2.37. The van der Waals surface area contributed by atoms with Gasteiger partial charge in [0, 0.05) is 51.2 Å². The molecule has 6 rings (SSSR count). The van der Waals surface area contributed by atoms with Crippen LogP contribution in [0.1, 0.15) is 95.1 Å². The summed E-state index contributed by atoms with van der Waals surface area (Å²) in [5.74, 6) is 0.845. The van der Waals surface area contributed by atoms with Gasteiger partial charge in [0.05, 0.1) is 18.4 Å². The minimum Gasteiger partial charge on any atom is -0.444 e. The molecule has 3 amide bonds. The van der Waals surface area contributed by atoms with Crippen molar-refractivity contribution in [3.8, 4) is 0 Å². The minimum atomic E-state index is -0.683. The Morgan fingerprint density at radius 3 is 2.51 bits per heavy atom. The zero-order valence-corrected chi connectivity index (χ0v) is 28.1. The molecule has 2 saturated heterocycles. The van der Waals surface area contributed by atoms with E-state index in [0.29, 0.717) is 49.2 Å². The summed E-state index contributed by atoms with van der Waals surface area (Å²) in [6.07, 6.45) is 11.0. The van der Waals surface area contributed by atoms with Crippen molar-refractivity contribution in [1.82, 2.24) is 29.3 Å². The molecule has 0 radical (unpaired) electrons. The zero-order chi connectivity index (χ0) is 33.3. The Labute approximate surface area is 275 Å². The molecule has 0 bridgehead atoms. The number of aromatic nitrogens is 4. The smallest absolute Gasteiger partial charge is 0.415 e. The maximum absolute atomic E-state index is 13.1. The predicted molar refractivity (Wildman–Crippen MR) is 178 cm³/mol. The average Bonchev–Trinajstić information content (AvgIpc) is 3.56. The summed E-state index contributed by atoms with van der Waals surface area (Å²) in [5.41, 5.74) is 0.723. The Balaban J connectivity index is 1.16. The van der Waals surface area contributed by atoms with Crippen molar-refractivity contribution in [3.05, 3.63) is 36.3 Å². The summed E-state index contributed by atoms with van der Waals surface area (Å²) in [4.78, 5) is 57.8. The fourth-order valence-corrected chi connectivity index (χ4v) is 6.82. The molecule has 5 heterocycles. The molecular formula is C34H46N8O5. The Bertz CT molecular complexity index is 1630. The normalized spacial score (nSPS) is 21.0. The van der Waals surface area contributed by atoms with Crippen LogP contribution in [-0.4, -0.2) is 92.3 Å². The molecule has 3 aliphatic rings. The first-order valence-electron chi connectivity index (χ1n) is 16.7. The molecule has 1 atom stereocenters. The van der Waals surface area contributed by atoms with Crippen LogP contribution in [0.3, 0.4) is 0 Å². The second-order valence-corrected chi connectivity index (χ2v) is 14.2.